The second-order valence-corrected chi connectivity index (χ2v) is 7.12. The zero-order valence-electron chi connectivity index (χ0n) is 16.1. The number of nitrogens with one attached hydrogen (secondary N) is 1. The highest BCUT2D eigenvalue weighted by molar-refractivity contribution is 5.94. The van der Waals surface area contributed by atoms with Gasteiger partial charge >= 0.3 is 0 Å². The van der Waals surface area contributed by atoms with E-state index in [0.717, 1.165) is 12.0 Å². The van der Waals surface area contributed by atoms with Gasteiger partial charge in [0.1, 0.15) is 12.4 Å². The molecule has 2 aliphatic rings. The first kappa shape index (κ1) is 19.3. The number of ether oxygens (including phenoxy) is 3. The van der Waals surface area contributed by atoms with Crippen molar-refractivity contribution in [2.45, 2.75) is 24.9 Å². The molecule has 1 aromatic carbocycles. The Morgan fingerprint density at radius 3 is 2.97 bits per heavy atom. The second kappa shape index (κ2) is 8.52. The molecule has 2 saturated heterocycles. The molecule has 0 aliphatic carbocycles. The molecule has 0 unspecified atom stereocenters. The van der Waals surface area contributed by atoms with E-state index >= 15 is 0 Å². The van der Waals surface area contributed by atoms with Crippen LogP contribution in [0.25, 0.3) is 0 Å². The Labute approximate surface area is 167 Å². The Bertz CT molecular complexity index is 863. The fraction of sp³-hybridized carbons (Fsp3) is 0.450. The number of nitrogens with zero attached hydrogens (tertiary/aromatic N) is 2. The highest BCUT2D eigenvalue weighted by Gasteiger charge is 2.32. The quantitative estimate of drug-likeness (QED) is 0.755. The number of hydrogen-bond acceptors (Lipinski definition) is 7. The molecule has 4 rings (SSSR count). The van der Waals surface area contributed by atoms with Crippen LogP contribution in [0.5, 0.6) is 11.5 Å². The average Bonchev–Trinajstić information content (AvgIpc) is 3.46. The van der Waals surface area contributed by atoms with E-state index in [1.807, 2.05) is 18.2 Å². The van der Waals surface area contributed by atoms with Crippen LogP contribution in [0.2, 0.25) is 0 Å². The van der Waals surface area contributed by atoms with Crippen molar-refractivity contribution < 1.29 is 28.3 Å². The fourth-order valence-electron chi connectivity index (χ4n) is 3.61. The minimum Gasteiger partial charge on any atom is -0.493 e. The molecule has 3 heterocycles. The van der Waals surface area contributed by atoms with E-state index in [4.69, 9.17) is 14.2 Å². The van der Waals surface area contributed by atoms with E-state index in [1.165, 1.54) is 6.26 Å². The SMILES string of the molecule is COc1ccc([C@@H]2CC(=O)N(CC(=O)Nc3ccon3)C2)cc1O[C@@H]1CCOC1. The van der Waals surface area contributed by atoms with Gasteiger partial charge in [-0.2, -0.15) is 0 Å². The number of hydrogen-bond donors (Lipinski definition) is 1. The molecule has 29 heavy (non-hydrogen) atoms. The number of amides is 2. The molecule has 2 fully saturated rings. The molecule has 0 bridgehead atoms. The lowest BCUT2D eigenvalue weighted by Gasteiger charge is -2.18. The summed E-state index contributed by atoms with van der Waals surface area (Å²) < 4.78 is 21.5. The van der Waals surface area contributed by atoms with Crippen LogP contribution in [0.3, 0.4) is 0 Å². The van der Waals surface area contributed by atoms with Gasteiger partial charge in [0.15, 0.2) is 17.3 Å². The van der Waals surface area contributed by atoms with E-state index in [1.54, 1.807) is 18.1 Å². The maximum absolute atomic E-state index is 12.4. The zero-order chi connectivity index (χ0) is 20.2. The first-order chi connectivity index (χ1) is 14.1. The molecule has 9 nitrogen and oxygen atoms in total. The van der Waals surface area contributed by atoms with Crippen LogP contribution >= 0.6 is 0 Å². The molecule has 1 aromatic heterocycles. The number of carbonyl (C=O) groups is 2. The lowest BCUT2D eigenvalue weighted by Crippen LogP contribution is -2.34. The van der Waals surface area contributed by atoms with Gasteiger partial charge in [0.2, 0.25) is 11.8 Å². The number of anilines is 1. The van der Waals surface area contributed by atoms with Gasteiger partial charge < -0.3 is 29.0 Å². The first-order valence-electron chi connectivity index (χ1n) is 9.52. The van der Waals surface area contributed by atoms with Crippen LogP contribution in [-0.2, 0) is 14.3 Å². The lowest BCUT2D eigenvalue weighted by atomic mass is 9.98. The van der Waals surface area contributed by atoms with Crippen LogP contribution in [-0.4, -0.2) is 61.4 Å². The Morgan fingerprint density at radius 1 is 1.34 bits per heavy atom. The number of rotatable bonds is 7. The van der Waals surface area contributed by atoms with Crippen LogP contribution in [0.1, 0.15) is 24.3 Å². The van der Waals surface area contributed by atoms with Gasteiger partial charge in [-0.3, -0.25) is 9.59 Å². The predicted octanol–water partition coefficient (Wildman–Crippen LogP) is 1.81. The highest BCUT2D eigenvalue weighted by Crippen LogP contribution is 2.36. The molecule has 154 valence electrons. The van der Waals surface area contributed by atoms with Gasteiger partial charge in [-0.25, -0.2) is 0 Å². The number of benzene rings is 1. The number of methoxy groups -OCH3 is 1. The van der Waals surface area contributed by atoms with Crippen molar-refractivity contribution in [3.8, 4) is 11.5 Å². The molecule has 1 N–H and O–H groups in total. The third kappa shape index (κ3) is 4.51. The predicted molar refractivity (Wildman–Crippen MR) is 102 cm³/mol. The smallest absolute Gasteiger partial charge is 0.245 e. The molecule has 9 heteroatoms. The molecular formula is C20H23N3O6. The summed E-state index contributed by atoms with van der Waals surface area (Å²) in [6.07, 6.45) is 2.55. The largest absolute Gasteiger partial charge is 0.493 e. The third-order valence-electron chi connectivity index (χ3n) is 5.09. The number of aromatic nitrogens is 1. The van der Waals surface area contributed by atoms with Crippen molar-refractivity contribution in [2.75, 3.05) is 38.7 Å². The monoisotopic (exact) mass is 401 g/mol. The van der Waals surface area contributed by atoms with Gasteiger partial charge in [0.05, 0.1) is 26.9 Å². The normalized spacial score (nSPS) is 21.4. The van der Waals surface area contributed by atoms with E-state index in [0.29, 0.717) is 43.5 Å². The topological polar surface area (TPSA) is 103 Å². The summed E-state index contributed by atoms with van der Waals surface area (Å²) in [5, 5.41) is 6.24. The highest BCUT2D eigenvalue weighted by atomic mass is 16.6. The van der Waals surface area contributed by atoms with E-state index in [2.05, 4.69) is 15.0 Å². The summed E-state index contributed by atoms with van der Waals surface area (Å²) in [4.78, 5) is 26.1. The van der Waals surface area contributed by atoms with Gasteiger partial charge in [-0.15, -0.1) is 0 Å². The maximum Gasteiger partial charge on any atom is 0.245 e. The first-order valence-corrected chi connectivity index (χ1v) is 9.52. The maximum atomic E-state index is 12.4. The van der Waals surface area contributed by atoms with Crippen LogP contribution in [0.15, 0.2) is 35.1 Å². The molecule has 0 saturated carbocycles. The average molecular weight is 401 g/mol. The van der Waals surface area contributed by atoms with Crippen LogP contribution < -0.4 is 14.8 Å². The summed E-state index contributed by atoms with van der Waals surface area (Å²) in [6.45, 7) is 1.68. The fourth-order valence-corrected chi connectivity index (χ4v) is 3.61. The standard InChI is InChI=1S/C20H23N3O6/c1-26-16-3-2-13(8-17(16)29-15-4-6-27-12-15)14-9-20(25)23(10-14)11-19(24)21-18-5-7-28-22-18/h2-3,5,7-8,14-15H,4,6,9-12H2,1H3,(H,21,22,24)/t14-,15-/m1/s1. The summed E-state index contributed by atoms with van der Waals surface area (Å²) in [6, 6.07) is 7.26. The number of likely N-dealkylation sites (tertiary alicyclic amines) is 1. The lowest BCUT2D eigenvalue weighted by molar-refractivity contribution is -0.131. The molecule has 0 spiro atoms. The van der Waals surface area contributed by atoms with Crippen molar-refractivity contribution in [3.63, 3.8) is 0 Å². The van der Waals surface area contributed by atoms with Gasteiger partial charge in [0.25, 0.3) is 0 Å². The summed E-state index contributed by atoms with van der Waals surface area (Å²) in [7, 11) is 1.60. The zero-order valence-corrected chi connectivity index (χ0v) is 16.1. The Morgan fingerprint density at radius 2 is 2.24 bits per heavy atom. The molecule has 2 amide bonds. The second-order valence-electron chi connectivity index (χ2n) is 7.12. The number of carbonyl (C=O) groups excluding carboxylic acids is 2. The van der Waals surface area contributed by atoms with Gasteiger partial charge in [-0.05, 0) is 17.7 Å². The van der Waals surface area contributed by atoms with E-state index < -0.39 is 0 Å². The molecular weight excluding hydrogens is 378 g/mol. The minimum absolute atomic E-state index is 0.00100. The van der Waals surface area contributed by atoms with Gasteiger partial charge in [-0.1, -0.05) is 11.2 Å². The third-order valence-corrected chi connectivity index (χ3v) is 5.09. The van der Waals surface area contributed by atoms with Gasteiger partial charge in [0, 0.05) is 31.4 Å². The Balaban J connectivity index is 1.41. The molecule has 2 aliphatic heterocycles. The molecule has 2 atom stereocenters. The van der Waals surface area contributed by atoms with Crippen molar-refractivity contribution in [3.05, 3.63) is 36.1 Å². The van der Waals surface area contributed by atoms with E-state index in [9.17, 15) is 9.59 Å². The van der Waals surface area contributed by atoms with Crippen molar-refractivity contribution in [1.82, 2.24) is 10.1 Å². The van der Waals surface area contributed by atoms with Crippen molar-refractivity contribution >= 4 is 17.6 Å². The minimum atomic E-state index is -0.312. The Hall–Kier alpha value is -3.07. The summed E-state index contributed by atoms with van der Waals surface area (Å²) in [5.41, 5.74) is 0.979. The summed E-state index contributed by atoms with van der Waals surface area (Å²) >= 11 is 0. The Kier molecular flexibility index (Phi) is 5.66. The van der Waals surface area contributed by atoms with Crippen molar-refractivity contribution in [1.29, 1.82) is 0 Å². The van der Waals surface area contributed by atoms with E-state index in [-0.39, 0.29) is 30.4 Å². The molecule has 2 aromatic rings. The van der Waals surface area contributed by atoms with Crippen LogP contribution in [0, 0.1) is 0 Å². The molecule has 0 radical (unpaired) electrons. The van der Waals surface area contributed by atoms with Crippen molar-refractivity contribution in [2.24, 2.45) is 0 Å². The van der Waals surface area contributed by atoms with Crippen LogP contribution in [0.4, 0.5) is 5.82 Å². The summed E-state index contributed by atoms with van der Waals surface area (Å²) in [5.74, 6) is 1.23.